The van der Waals surface area contributed by atoms with Crippen molar-refractivity contribution in [2.24, 2.45) is 5.73 Å². The van der Waals surface area contributed by atoms with E-state index in [1.54, 1.807) is 0 Å². The van der Waals surface area contributed by atoms with Gasteiger partial charge in [-0.15, -0.1) is 0 Å². The lowest BCUT2D eigenvalue weighted by molar-refractivity contribution is 0.100. The summed E-state index contributed by atoms with van der Waals surface area (Å²) in [6.45, 7) is 0. The van der Waals surface area contributed by atoms with Crippen LogP contribution in [0.2, 0.25) is 0 Å². The van der Waals surface area contributed by atoms with Gasteiger partial charge in [0.15, 0.2) is 0 Å². The van der Waals surface area contributed by atoms with Gasteiger partial charge in [-0.3, -0.25) is 4.79 Å². The lowest BCUT2D eigenvalue weighted by Crippen LogP contribution is -2.10. The van der Waals surface area contributed by atoms with Crippen LogP contribution in [0.5, 0.6) is 0 Å². The van der Waals surface area contributed by atoms with Crippen molar-refractivity contribution in [1.29, 1.82) is 0 Å². The standard InChI is InChI=1S/C7H7N2O/c8-6-3-1-5(2-4-6)7(9)10/h1-4,8H,(H2,9,10). The summed E-state index contributed by atoms with van der Waals surface area (Å²) >= 11 is 0. The van der Waals surface area contributed by atoms with Gasteiger partial charge < -0.3 is 11.5 Å². The Morgan fingerprint density at radius 2 is 1.80 bits per heavy atom. The molecule has 10 heavy (non-hydrogen) atoms. The van der Waals surface area contributed by atoms with Crippen molar-refractivity contribution in [2.45, 2.75) is 0 Å². The van der Waals surface area contributed by atoms with Crippen LogP contribution in [-0.2, 0) is 0 Å². The minimum atomic E-state index is -0.458. The predicted molar refractivity (Wildman–Crippen MR) is 37.7 cm³/mol. The molecule has 1 rings (SSSR count). The molecule has 51 valence electrons. The molecule has 0 aliphatic carbocycles. The van der Waals surface area contributed by atoms with Crippen LogP contribution in [0.15, 0.2) is 24.3 Å². The molecule has 0 aliphatic heterocycles. The smallest absolute Gasteiger partial charge is 0.248 e. The molecule has 3 heteroatoms. The van der Waals surface area contributed by atoms with E-state index < -0.39 is 5.91 Å². The molecule has 1 radical (unpaired) electrons. The van der Waals surface area contributed by atoms with Crippen LogP contribution in [0.3, 0.4) is 0 Å². The third-order valence-electron chi connectivity index (χ3n) is 1.17. The lowest BCUT2D eigenvalue weighted by atomic mass is 10.2. The van der Waals surface area contributed by atoms with Gasteiger partial charge in [-0.2, -0.15) is 0 Å². The molecular weight excluding hydrogens is 128 g/mol. The summed E-state index contributed by atoms with van der Waals surface area (Å²) in [6, 6.07) is 6.12. The molecule has 0 heterocycles. The average molecular weight is 135 g/mol. The summed E-state index contributed by atoms with van der Waals surface area (Å²) in [6.07, 6.45) is 0. The normalized spacial score (nSPS) is 9.20. The number of primary amides is 1. The van der Waals surface area contributed by atoms with Gasteiger partial charge in [-0.25, -0.2) is 0 Å². The van der Waals surface area contributed by atoms with Gasteiger partial charge in [0.1, 0.15) is 0 Å². The molecule has 1 amide bonds. The number of rotatable bonds is 1. The van der Waals surface area contributed by atoms with E-state index in [-0.39, 0.29) is 0 Å². The van der Waals surface area contributed by atoms with Crippen LogP contribution in [0.4, 0.5) is 5.69 Å². The van der Waals surface area contributed by atoms with Gasteiger partial charge >= 0.3 is 0 Å². The highest BCUT2D eigenvalue weighted by molar-refractivity contribution is 5.92. The lowest BCUT2D eigenvalue weighted by Gasteiger charge is -1.93. The Labute approximate surface area is 58.6 Å². The first kappa shape index (κ1) is 6.61. The van der Waals surface area contributed by atoms with Crippen molar-refractivity contribution in [3.63, 3.8) is 0 Å². The zero-order chi connectivity index (χ0) is 7.56. The number of nitrogens with one attached hydrogen (secondary N) is 1. The number of hydrogen-bond donors (Lipinski definition) is 1. The Kier molecular flexibility index (Phi) is 1.58. The SMILES string of the molecule is [NH]c1ccc(C(N)=O)cc1. The first-order chi connectivity index (χ1) is 4.70. The zero-order valence-electron chi connectivity index (χ0n) is 5.29. The van der Waals surface area contributed by atoms with Crippen LogP contribution in [0.25, 0.3) is 0 Å². The summed E-state index contributed by atoms with van der Waals surface area (Å²) < 4.78 is 0. The van der Waals surface area contributed by atoms with Crippen LogP contribution in [-0.4, -0.2) is 5.91 Å². The monoisotopic (exact) mass is 135 g/mol. The number of carbonyl (C=O) groups is 1. The van der Waals surface area contributed by atoms with Gasteiger partial charge in [0.25, 0.3) is 0 Å². The van der Waals surface area contributed by atoms with E-state index in [2.05, 4.69) is 0 Å². The predicted octanol–water partition coefficient (Wildman–Crippen LogP) is 0.700. The van der Waals surface area contributed by atoms with E-state index in [0.717, 1.165) is 0 Å². The van der Waals surface area contributed by atoms with Crippen molar-refractivity contribution < 1.29 is 4.79 Å². The minimum Gasteiger partial charge on any atom is -0.366 e. The van der Waals surface area contributed by atoms with Crippen molar-refractivity contribution in [3.8, 4) is 0 Å². The molecule has 0 aliphatic rings. The number of nitrogens with two attached hydrogens (primary N) is 1. The maximum Gasteiger partial charge on any atom is 0.248 e. The Hall–Kier alpha value is -1.51. The quantitative estimate of drug-likeness (QED) is 0.605. The molecule has 0 spiro atoms. The van der Waals surface area contributed by atoms with Gasteiger partial charge in [0.2, 0.25) is 5.91 Å². The number of hydrogen-bond acceptors (Lipinski definition) is 1. The molecule has 0 saturated heterocycles. The van der Waals surface area contributed by atoms with Crippen molar-refractivity contribution >= 4 is 11.6 Å². The van der Waals surface area contributed by atoms with Crippen LogP contribution < -0.4 is 11.5 Å². The van der Waals surface area contributed by atoms with Crippen molar-refractivity contribution in [2.75, 3.05) is 0 Å². The number of carbonyl (C=O) groups excluding carboxylic acids is 1. The van der Waals surface area contributed by atoms with E-state index >= 15 is 0 Å². The Bertz CT molecular complexity index is 240. The third-order valence-corrected chi connectivity index (χ3v) is 1.17. The second kappa shape index (κ2) is 2.39. The number of benzene rings is 1. The van der Waals surface area contributed by atoms with Gasteiger partial charge in [-0.05, 0) is 24.3 Å². The van der Waals surface area contributed by atoms with E-state index in [4.69, 9.17) is 11.5 Å². The molecule has 0 bridgehead atoms. The maximum atomic E-state index is 10.5. The molecular formula is C7H7N2O. The van der Waals surface area contributed by atoms with E-state index in [9.17, 15) is 4.79 Å². The van der Waals surface area contributed by atoms with E-state index in [1.807, 2.05) is 0 Å². The van der Waals surface area contributed by atoms with Crippen LogP contribution in [0.1, 0.15) is 10.4 Å². The summed E-state index contributed by atoms with van der Waals surface area (Å²) in [7, 11) is 0. The Morgan fingerprint density at radius 3 is 2.20 bits per heavy atom. The summed E-state index contributed by atoms with van der Waals surface area (Å²) in [5, 5.41) is 0. The number of amides is 1. The zero-order valence-corrected chi connectivity index (χ0v) is 5.29. The van der Waals surface area contributed by atoms with E-state index in [1.165, 1.54) is 24.3 Å². The average Bonchev–Trinajstić information content (AvgIpc) is 1.88. The molecule has 0 unspecified atom stereocenters. The third kappa shape index (κ3) is 1.25. The molecule has 3 nitrogen and oxygen atoms in total. The maximum absolute atomic E-state index is 10.5. The minimum absolute atomic E-state index is 0.380. The largest absolute Gasteiger partial charge is 0.366 e. The van der Waals surface area contributed by atoms with Gasteiger partial charge in [-0.1, -0.05) is 0 Å². The van der Waals surface area contributed by atoms with Crippen LogP contribution in [0, 0.1) is 0 Å². The molecule has 0 atom stereocenters. The van der Waals surface area contributed by atoms with Crippen molar-refractivity contribution in [3.05, 3.63) is 29.8 Å². The second-order valence-electron chi connectivity index (χ2n) is 1.94. The highest BCUT2D eigenvalue weighted by Gasteiger charge is 1.96. The summed E-state index contributed by atoms with van der Waals surface area (Å²) in [4.78, 5) is 10.5. The summed E-state index contributed by atoms with van der Waals surface area (Å²) in [5.41, 5.74) is 12.9. The summed E-state index contributed by atoms with van der Waals surface area (Å²) in [5.74, 6) is -0.458. The Morgan fingerprint density at radius 1 is 1.30 bits per heavy atom. The van der Waals surface area contributed by atoms with Gasteiger partial charge in [0.05, 0.1) is 5.69 Å². The molecule has 1 aromatic carbocycles. The molecule has 0 fully saturated rings. The first-order valence-electron chi connectivity index (χ1n) is 2.81. The second-order valence-corrected chi connectivity index (χ2v) is 1.94. The fourth-order valence-corrected chi connectivity index (χ4v) is 0.634. The molecule has 1 aromatic rings. The molecule has 3 N–H and O–H groups in total. The Balaban J connectivity index is 3.00. The van der Waals surface area contributed by atoms with E-state index in [0.29, 0.717) is 11.3 Å². The first-order valence-corrected chi connectivity index (χ1v) is 2.81. The van der Waals surface area contributed by atoms with Gasteiger partial charge in [0, 0.05) is 5.56 Å². The molecule has 0 saturated carbocycles. The van der Waals surface area contributed by atoms with Crippen LogP contribution >= 0.6 is 0 Å². The molecule has 0 aromatic heterocycles. The topological polar surface area (TPSA) is 66.9 Å². The highest BCUT2D eigenvalue weighted by Crippen LogP contribution is 2.05. The fraction of sp³-hybridized carbons (Fsp3) is 0. The highest BCUT2D eigenvalue weighted by atomic mass is 16.1. The fourth-order valence-electron chi connectivity index (χ4n) is 0.634. The van der Waals surface area contributed by atoms with Crippen molar-refractivity contribution in [1.82, 2.24) is 5.73 Å².